The lowest BCUT2D eigenvalue weighted by atomic mass is 10.1. The molecule has 1 aliphatic heterocycles. The molecule has 1 aliphatic rings. The predicted molar refractivity (Wildman–Crippen MR) is 86.4 cm³/mol. The molecule has 116 valence electrons. The summed E-state index contributed by atoms with van der Waals surface area (Å²) in [5, 5.41) is 13.6. The molecule has 1 saturated heterocycles. The molecule has 0 aliphatic carbocycles. The number of anilines is 1. The number of likely N-dealkylation sites (N-methyl/N-ethyl adjacent to an activating group) is 1. The molecule has 7 heteroatoms. The van der Waals surface area contributed by atoms with Crippen LogP contribution >= 0.6 is 11.3 Å². The van der Waals surface area contributed by atoms with Crippen LogP contribution in [-0.4, -0.2) is 36.2 Å². The second-order valence-corrected chi connectivity index (χ2v) is 6.17. The lowest BCUT2D eigenvalue weighted by molar-refractivity contribution is -0.384. The lowest BCUT2D eigenvalue weighted by Crippen LogP contribution is -2.28. The Kier molecular flexibility index (Phi) is 4.35. The van der Waals surface area contributed by atoms with Crippen molar-refractivity contribution in [3.05, 3.63) is 39.8 Å². The van der Waals surface area contributed by atoms with E-state index in [2.05, 4.69) is 9.88 Å². The van der Waals surface area contributed by atoms with Crippen LogP contribution in [0.15, 0.2) is 29.6 Å². The number of aromatic nitrogens is 1. The Morgan fingerprint density at radius 2 is 2.23 bits per heavy atom. The van der Waals surface area contributed by atoms with Crippen LogP contribution in [0.25, 0.3) is 11.3 Å². The number of hydrogen-bond donors (Lipinski definition) is 0. The minimum Gasteiger partial charge on any atom is -0.376 e. The number of nitro groups is 1. The molecule has 2 aromatic rings. The Morgan fingerprint density at radius 1 is 1.45 bits per heavy atom. The highest BCUT2D eigenvalue weighted by molar-refractivity contribution is 7.14. The topological polar surface area (TPSA) is 68.5 Å². The molecule has 1 atom stereocenters. The monoisotopic (exact) mass is 319 g/mol. The van der Waals surface area contributed by atoms with E-state index < -0.39 is 4.92 Å². The quantitative estimate of drug-likeness (QED) is 0.624. The van der Waals surface area contributed by atoms with Gasteiger partial charge >= 0.3 is 0 Å². The number of thiazole rings is 1. The van der Waals surface area contributed by atoms with Crippen molar-refractivity contribution < 1.29 is 9.66 Å². The molecule has 0 bridgehead atoms. The molecule has 22 heavy (non-hydrogen) atoms. The van der Waals surface area contributed by atoms with E-state index in [1.54, 1.807) is 23.5 Å². The summed E-state index contributed by atoms with van der Waals surface area (Å²) in [4.78, 5) is 17.0. The number of hydrogen-bond acceptors (Lipinski definition) is 6. The zero-order valence-electron chi connectivity index (χ0n) is 12.3. The van der Waals surface area contributed by atoms with E-state index >= 15 is 0 Å². The van der Waals surface area contributed by atoms with Gasteiger partial charge in [0.15, 0.2) is 5.13 Å². The second-order valence-electron chi connectivity index (χ2n) is 5.33. The zero-order chi connectivity index (χ0) is 15.5. The van der Waals surface area contributed by atoms with Gasteiger partial charge in [0, 0.05) is 43.3 Å². The maximum absolute atomic E-state index is 10.7. The van der Waals surface area contributed by atoms with Gasteiger partial charge in [-0.3, -0.25) is 10.1 Å². The Labute approximate surface area is 132 Å². The van der Waals surface area contributed by atoms with E-state index in [1.807, 2.05) is 12.4 Å². The number of ether oxygens (including phenoxy) is 1. The number of benzene rings is 1. The van der Waals surface area contributed by atoms with Gasteiger partial charge in [-0.05, 0) is 25.0 Å². The molecule has 0 unspecified atom stereocenters. The van der Waals surface area contributed by atoms with Gasteiger partial charge in [-0.2, -0.15) is 0 Å². The van der Waals surface area contributed by atoms with Crippen molar-refractivity contribution in [2.45, 2.75) is 18.9 Å². The third kappa shape index (κ3) is 3.26. The van der Waals surface area contributed by atoms with Crippen molar-refractivity contribution in [3.8, 4) is 11.3 Å². The minimum absolute atomic E-state index is 0.0923. The maximum atomic E-state index is 10.7. The third-order valence-corrected chi connectivity index (χ3v) is 4.65. The van der Waals surface area contributed by atoms with Gasteiger partial charge in [0.05, 0.1) is 16.7 Å². The molecule has 0 amide bonds. The summed E-state index contributed by atoms with van der Waals surface area (Å²) in [6, 6.07) is 6.48. The van der Waals surface area contributed by atoms with Crippen LogP contribution < -0.4 is 4.90 Å². The molecule has 0 spiro atoms. The molecule has 6 nitrogen and oxygen atoms in total. The summed E-state index contributed by atoms with van der Waals surface area (Å²) < 4.78 is 5.64. The SMILES string of the molecule is CN(C[C@H]1CCCO1)c1nc(-c2ccc([N+](=O)[O-])cc2)cs1. The van der Waals surface area contributed by atoms with Crippen LogP contribution in [0.5, 0.6) is 0 Å². The van der Waals surface area contributed by atoms with Crippen molar-refractivity contribution >= 4 is 22.2 Å². The van der Waals surface area contributed by atoms with Crippen molar-refractivity contribution in [2.75, 3.05) is 25.1 Å². The smallest absolute Gasteiger partial charge is 0.269 e. The fourth-order valence-electron chi connectivity index (χ4n) is 2.50. The van der Waals surface area contributed by atoms with E-state index in [0.29, 0.717) is 0 Å². The molecule has 1 aromatic carbocycles. The molecule has 3 rings (SSSR count). The highest BCUT2D eigenvalue weighted by Crippen LogP contribution is 2.28. The number of rotatable bonds is 5. The Morgan fingerprint density at radius 3 is 2.86 bits per heavy atom. The summed E-state index contributed by atoms with van der Waals surface area (Å²) in [6.45, 7) is 1.69. The van der Waals surface area contributed by atoms with Crippen LogP contribution in [0.4, 0.5) is 10.8 Å². The molecule has 2 heterocycles. The Bertz CT molecular complexity index is 650. The van der Waals surface area contributed by atoms with E-state index in [1.165, 1.54) is 12.1 Å². The number of non-ortho nitro benzene ring substituents is 1. The van der Waals surface area contributed by atoms with Gasteiger partial charge in [0.1, 0.15) is 0 Å². The molecule has 0 N–H and O–H groups in total. The zero-order valence-corrected chi connectivity index (χ0v) is 13.1. The van der Waals surface area contributed by atoms with Gasteiger partial charge in [-0.15, -0.1) is 11.3 Å². The first kappa shape index (κ1) is 14.9. The van der Waals surface area contributed by atoms with Gasteiger partial charge < -0.3 is 9.64 Å². The predicted octanol–water partition coefficient (Wildman–Crippen LogP) is 3.33. The summed E-state index contributed by atoms with van der Waals surface area (Å²) >= 11 is 1.57. The van der Waals surface area contributed by atoms with Crippen LogP contribution in [-0.2, 0) is 4.74 Å². The van der Waals surface area contributed by atoms with E-state index in [-0.39, 0.29) is 11.8 Å². The number of nitro benzene ring substituents is 1. The van der Waals surface area contributed by atoms with Crippen molar-refractivity contribution in [2.24, 2.45) is 0 Å². The highest BCUT2D eigenvalue weighted by Gasteiger charge is 2.19. The molecular weight excluding hydrogens is 302 g/mol. The largest absolute Gasteiger partial charge is 0.376 e. The van der Waals surface area contributed by atoms with E-state index in [4.69, 9.17) is 4.74 Å². The first-order valence-corrected chi connectivity index (χ1v) is 8.04. The van der Waals surface area contributed by atoms with Crippen LogP contribution in [0.3, 0.4) is 0 Å². The summed E-state index contributed by atoms with van der Waals surface area (Å²) in [5.74, 6) is 0. The summed E-state index contributed by atoms with van der Waals surface area (Å²) in [5.41, 5.74) is 1.82. The third-order valence-electron chi connectivity index (χ3n) is 3.69. The average Bonchev–Trinajstić information content (AvgIpc) is 3.18. The Hall–Kier alpha value is -1.99. The van der Waals surface area contributed by atoms with E-state index in [0.717, 1.165) is 42.4 Å². The summed E-state index contributed by atoms with van der Waals surface area (Å²) in [7, 11) is 2.01. The summed E-state index contributed by atoms with van der Waals surface area (Å²) in [6.07, 6.45) is 2.52. The van der Waals surface area contributed by atoms with Crippen LogP contribution in [0.2, 0.25) is 0 Å². The fraction of sp³-hybridized carbons (Fsp3) is 0.400. The van der Waals surface area contributed by atoms with Crippen LogP contribution in [0.1, 0.15) is 12.8 Å². The Balaban J connectivity index is 1.70. The molecule has 0 saturated carbocycles. The molecule has 0 radical (unpaired) electrons. The van der Waals surface area contributed by atoms with Gasteiger partial charge in [0.25, 0.3) is 5.69 Å². The lowest BCUT2D eigenvalue weighted by Gasteiger charge is -2.19. The van der Waals surface area contributed by atoms with Gasteiger partial charge in [0.2, 0.25) is 0 Å². The molecule has 1 fully saturated rings. The fourth-order valence-corrected chi connectivity index (χ4v) is 3.31. The first-order chi connectivity index (χ1) is 10.6. The van der Waals surface area contributed by atoms with Crippen LogP contribution in [0, 0.1) is 10.1 Å². The van der Waals surface area contributed by atoms with Gasteiger partial charge in [-0.1, -0.05) is 0 Å². The molecular formula is C15H17N3O3S. The van der Waals surface area contributed by atoms with Crippen molar-refractivity contribution in [3.63, 3.8) is 0 Å². The number of nitrogens with zero attached hydrogens (tertiary/aromatic N) is 3. The van der Waals surface area contributed by atoms with Crippen molar-refractivity contribution in [1.29, 1.82) is 0 Å². The maximum Gasteiger partial charge on any atom is 0.269 e. The van der Waals surface area contributed by atoms with E-state index in [9.17, 15) is 10.1 Å². The standard InChI is InChI=1S/C15H17N3O3S/c1-17(9-13-3-2-8-21-13)15-16-14(10-22-15)11-4-6-12(7-5-11)18(19)20/h4-7,10,13H,2-3,8-9H2,1H3/t13-/m1/s1. The second kappa shape index (κ2) is 6.41. The van der Waals surface area contributed by atoms with Gasteiger partial charge in [-0.25, -0.2) is 4.98 Å². The first-order valence-electron chi connectivity index (χ1n) is 7.16. The minimum atomic E-state index is -0.397. The van der Waals surface area contributed by atoms with Crippen molar-refractivity contribution in [1.82, 2.24) is 4.98 Å². The normalized spacial score (nSPS) is 17.6. The molecule has 1 aromatic heterocycles. The average molecular weight is 319 g/mol. The highest BCUT2D eigenvalue weighted by atomic mass is 32.1.